The number of carbonyl (C=O) groups is 1. The highest BCUT2D eigenvalue weighted by Gasteiger charge is 2.35. The standard InChI is InChI=1S/C35H44ClN7O4/c1-20-9-12-27-25(17-37-40-27)28(20)29-26(36)16-24-30(31(29)46-23-10-11-23)38-33(45-19-22-8-7-13-41(22)6)39-32(24)42-14-15-43(21(2)18-42)34(44)47-35(3,4)5/h9,12,16-17,21-23H,7-8,10-11,13-15,18-19H2,1-6H3,(H,37,40)/t21-,22+/m1/s1. The van der Waals surface area contributed by atoms with Crippen molar-refractivity contribution in [2.45, 2.75) is 84.1 Å². The molecule has 0 bridgehead atoms. The Morgan fingerprint density at radius 3 is 2.60 bits per heavy atom. The molecule has 2 atom stereocenters. The van der Waals surface area contributed by atoms with Gasteiger partial charge in [0.25, 0.3) is 0 Å². The molecule has 2 aromatic heterocycles. The van der Waals surface area contributed by atoms with Crippen LogP contribution in [0.5, 0.6) is 11.8 Å². The Labute approximate surface area is 280 Å². The summed E-state index contributed by atoms with van der Waals surface area (Å²) in [7, 11) is 2.13. The predicted octanol–water partition coefficient (Wildman–Crippen LogP) is 6.59. The molecule has 11 nitrogen and oxygen atoms in total. The van der Waals surface area contributed by atoms with Gasteiger partial charge in [-0.15, -0.1) is 0 Å². The van der Waals surface area contributed by atoms with E-state index >= 15 is 0 Å². The maximum Gasteiger partial charge on any atom is 0.410 e. The molecule has 2 saturated heterocycles. The van der Waals surface area contributed by atoms with Crippen molar-refractivity contribution in [1.29, 1.82) is 0 Å². The molecule has 12 heteroatoms. The van der Waals surface area contributed by atoms with Crippen LogP contribution in [0, 0.1) is 6.92 Å². The fourth-order valence-electron chi connectivity index (χ4n) is 6.74. The van der Waals surface area contributed by atoms with Gasteiger partial charge in [0.15, 0.2) is 5.75 Å². The molecule has 1 amide bonds. The molecule has 0 unspecified atom stereocenters. The summed E-state index contributed by atoms with van der Waals surface area (Å²) in [4.78, 5) is 29.4. The summed E-state index contributed by atoms with van der Waals surface area (Å²) in [5.74, 6) is 1.35. The maximum absolute atomic E-state index is 13.0. The number of anilines is 1. The van der Waals surface area contributed by atoms with Gasteiger partial charge in [0.2, 0.25) is 0 Å². The number of H-pyrrole nitrogens is 1. The third-order valence-electron chi connectivity index (χ3n) is 9.38. The average Bonchev–Trinajstić information content (AvgIpc) is 3.53. The lowest BCUT2D eigenvalue weighted by Crippen LogP contribution is -2.55. The van der Waals surface area contributed by atoms with Crippen LogP contribution in [0.4, 0.5) is 10.6 Å². The number of fused-ring (bicyclic) bond motifs is 2. The zero-order valence-electron chi connectivity index (χ0n) is 28.1. The monoisotopic (exact) mass is 661 g/mol. The van der Waals surface area contributed by atoms with E-state index in [1.54, 1.807) is 4.90 Å². The Hall–Kier alpha value is -3.83. The van der Waals surface area contributed by atoms with Gasteiger partial charge in [-0.1, -0.05) is 17.7 Å². The minimum Gasteiger partial charge on any atom is -0.487 e. The normalized spacial score (nSPS) is 20.7. The molecule has 1 N–H and O–H groups in total. The number of halogens is 1. The highest BCUT2D eigenvalue weighted by molar-refractivity contribution is 6.35. The minimum absolute atomic E-state index is 0.0894. The van der Waals surface area contributed by atoms with Crippen molar-refractivity contribution in [2.75, 3.05) is 44.7 Å². The van der Waals surface area contributed by atoms with Crippen LogP contribution in [0.3, 0.4) is 0 Å². The number of nitrogens with zero attached hydrogens (tertiary/aromatic N) is 6. The van der Waals surface area contributed by atoms with Crippen LogP contribution in [0.15, 0.2) is 24.4 Å². The fraction of sp³-hybridized carbons (Fsp3) is 0.543. The highest BCUT2D eigenvalue weighted by atomic mass is 35.5. The number of aryl methyl sites for hydroxylation is 1. The van der Waals surface area contributed by atoms with E-state index in [0.717, 1.165) is 65.2 Å². The van der Waals surface area contributed by atoms with E-state index in [1.807, 2.05) is 46.0 Å². The first-order valence-corrected chi connectivity index (χ1v) is 17.1. The summed E-state index contributed by atoms with van der Waals surface area (Å²) < 4.78 is 18.8. The molecule has 0 spiro atoms. The van der Waals surface area contributed by atoms with Gasteiger partial charge >= 0.3 is 12.1 Å². The van der Waals surface area contributed by atoms with Crippen LogP contribution in [0.25, 0.3) is 32.9 Å². The Balaban J connectivity index is 1.35. The largest absolute Gasteiger partial charge is 0.487 e. The molecule has 3 aliphatic rings. The predicted molar refractivity (Wildman–Crippen MR) is 184 cm³/mol. The second-order valence-electron chi connectivity index (χ2n) is 14.3. The van der Waals surface area contributed by atoms with Crippen molar-refractivity contribution >= 4 is 45.3 Å². The molecule has 4 heterocycles. The molecule has 1 saturated carbocycles. The Morgan fingerprint density at radius 2 is 1.89 bits per heavy atom. The molecule has 0 radical (unpaired) electrons. The molecule has 7 rings (SSSR count). The number of hydrogen-bond acceptors (Lipinski definition) is 9. The zero-order chi connectivity index (χ0) is 33.0. The van der Waals surface area contributed by atoms with Crippen molar-refractivity contribution < 1.29 is 19.0 Å². The summed E-state index contributed by atoms with van der Waals surface area (Å²) >= 11 is 7.26. The Morgan fingerprint density at radius 1 is 1.09 bits per heavy atom. The number of nitrogens with one attached hydrogen (secondary N) is 1. The number of carbonyl (C=O) groups excluding carboxylic acids is 1. The third-order valence-corrected chi connectivity index (χ3v) is 9.68. The quantitative estimate of drug-likeness (QED) is 0.234. The first-order chi connectivity index (χ1) is 22.5. The molecule has 4 aromatic rings. The molecule has 47 heavy (non-hydrogen) atoms. The lowest BCUT2D eigenvalue weighted by atomic mass is 9.94. The van der Waals surface area contributed by atoms with E-state index in [1.165, 1.54) is 0 Å². The van der Waals surface area contributed by atoms with Crippen molar-refractivity contribution in [3.8, 4) is 22.9 Å². The van der Waals surface area contributed by atoms with E-state index in [-0.39, 0.29) is 18.2 Å². The van der Waals surface area contributed by atoms with Gasteiger partial charge in [-0.3, -0.25) is 5.10 Å². The second kappa shape index (κ2) is 12.3. The number of rotatable bonds is 7. The van der Waals surface area contributed by atoms with Crippen molar-refractivity contribution in [1.82, 2.24) is 30.0 Å². The molecule has 3 fully saturated rings. The smallest absolute Gasteiger partial charge is 0.410 e. The van der Waals surface area contributed by atoms with Gasteiger partial charge in [0.1, 0.15) is 23.5 Å². The molecule has 1 aliphatic carbocycles. The number of piperazine rings is 1. The number of amides is 1. The first kappa shape index (κ1) is 31.8. The first-order valence-electron chi connectivity index (χ1n) is 16.7. The highest BCUT2D eigenvalue weighted by Crippen LogP contribution is 2.49. The van der Waals surface area contributed by atoms with Gasteiger partial charge in [0.05, 0.1) is 22.8 Å². The number of aromatic amines is 1. The second-order valence-corrected chi connectivity index (χ2v) is 14.7. The number of likely N-dealkylation sites (tertiary alicyclic amines) is 1. The van der Waals surface area contributed by atoms with Crippen molar-refractivity contribution in [2.24, 2.45) is 0 Å². The SMILES string of the molecule is Cc1ccc2[nH]ncc2c1-c1c(Cl)cc2c(N3CCN(C(=O)OC(C)(C)C)[C@H](C)C3)nc(OC[C@@H]3CCCN3C)nc2c1OC1CC1. The van der Waals surface area contributed by atoms with Gasteiger partial charge in [-0.05, 0) is 91.6 Å². The molecular formula is C35H44ClN7O4. The van der Waals surface area contributed by atoms with Crippen LogP contribution >= 0.6 is 11.6 Å². The van der Waals surface area contributed by atoms with Crippen LogP contribution in [-0.4, -0.2) is 99.7 Å². The lowest BCUT2D eigenvalue weighted by molar-refractivity contribution is 0.0158. The average molecular weight is 662 g/mol. The Kier molecular flexibility index (Phi) is 8.32. The lowest BCUT2D eigenvalue weighted by Gasteiger charge is -2.41. The van der Waals surface area contributed by atoms with Crippen molar-refractivity contribution in [3.05, 3.63) is 35.0 Å². The van der Waals surface area contributed by atoms with Gasteiger partial charge in [-0.25, -0.2) is 4.79 Å². The molecular weight excluding hydrogens is 618 g/mol. The summed E-state index contributed by atoms with van der Waals surface area (Å²) in [6.07, 6.45) is 5.79. The summed E-state index contributed by atoms with van der Waals surface area (Å²) in [6.45, 7) is 12.9. The number of aromatic nitrogens is 4. The van der Waals surface area contributed by atoms with Gasteiger partial charge in [-0.2, -0.15) is 15.1 Å². The minimum atomic E-state index is -0.567. The molecule has 2 aromatic carbocycles. The summed E-state index contributed by atoms with van der Waals surface area (Å²) in [5, 5.41) is 9.72. The number of ether oxygens (including phenoxy) is 3. The zero-order valence-corrected chi connectivity index (χ0v) is 28.9. The molecule has 2 aliphatic heterocycles. The maximum atomic E-state index is 13.0. The summed E-state index contributed by atoms with van der Waals surface area (Å²) in [5.41, 5.74) is 3.84. The van der Waals surface area contributed by atoms with E-state index in [4.69, 9.17) is 35.8 Å². The number of benzene rings is 2. The molecule has 250 valence electrons. The van der Waals surface area contributed by atoms with Gasteiger partial charge < -0.3 is 28.9 Å². The van der Waals surface area contributed by atoms with E-state index in [2.05, 4.69) is 40.0 Å². The van der Waals surface area contributed by atoms with Crippen LogP contribution in [-0.2, 0) is 4.74 Å². The topological polar surface area (TPSA) is 109 Å². The fourth-order valence-corrected chi connectivity index (χ4v) is 7.03. The number of likely N-dealkylation sites (N-methyl/N-ethyl adjacent to an activating group) is 1. The van der Waals surface area contributed by atoms with Crippen molar-refractivity contribution in [3.63, 3.8) is 0 Å². The summed E-state index contributed by atoms with van der Waals surface area (Å²) in [6, 6.07) is 6.56. The van der Waals surface area contributed by atoms with Gasteiger partial charge in [0, 0.05) is 53.6 Å². The van der Waals surface area contributed by atoms with E-state index < -0.39 is 5.60 Å². The third kappa shape index (κ3) is 6.39. The Bertz CT molecular complexity index is 1820. The van der Waals surface area contributed by atoms with Crippen LogP contribution in [0.1, 0.15) is 58.9 Å². The van der Waals surface area contributed by atoms with Crippen LogP contribution in [0.2, 0.25) is 5.02 Å². The van der Waals surface area contributed by atoms with E-state index in [0.29, 0.717) is 60.4 Å². The van der Waals surface area contributed by atoms with E-state index in [9.17, 15) is 4.79 Å². The van der Waals surface area contributed by atoms with Crippen LogP contribution < -0.4 is 14.4 Å². The number of hydrogen-bond donors (Lipinski definition) is 1.